The molecule has 4 fully saturated rings. The molecule has 254 valence electrons. The van der Waals surface area contributed by atoms with E-state index in [0.717, 1.165) is 36.8 Å². The highest BCUT2D eigenvalue weighted by molar-refractivity contribution is 6.42. The molecule has 2 amide bonds. The van der Waals surface area contributed by atoms with E-state index < -0.39 is 0 Å². The first-order chi connectivity index (χ1) is 23.7. The largest absolute Gasteiger partial charge is 0.384 e. The van der Waals surface area contributed by atoms with Gasteiger partial charge < -0.3 is 25.8 Å². The molecule has 2 aromatic heterocycles. The van der Waals surface area contributed by atoms with E-state index in [1.54, 1.807) is 55.0 Å². The van der Waals surface area contributed by atoms with Crippen molar-refractivity contribution in [3.8, 4) is 0 Å². The molecule has 49 heavy (non-hydrogen) atoms. The summed E-state index contributed by atoms with van der Waals surface area (Å²) in [7, 11) is 0. The van der Waals surface area contributed by atoms with Gasteiger partial charge in [-0.05, 0) is 97.5 Å². The second-order valence-corrected chi connectivity index (χ2v) is 14.3. The van der Waals surface area contributed by atoms with Crippen molar-refractivity contribution in [1.29, 1.82) is 0 Å². The third kappa shape index (κ3) is 7.11. The first kappa shape index (κ1) is 34.0. The van der Waals surface area contributed by atoms with Crippen molar-refractivity contribution in [3.05, 3.63) is 110 Å². The Morgan fingerprint density at radius 2 is 1.08 bits per heavy atom. The number of carbonyl (C=O) groups is 2. The molecule has 2 aromatic carbocycles. The van der Waals surface area contributed by atoms with Crippen LogP contribution in [0.4, 0.5) is 17.2 Å². The zero-order chi connectivity index (χ0) is 34.2. The fourth-order valence-electron chi connectivity index (χ4n) is 7.73. The van der Waals surface area contributed by atoms with Crippen molar-refractivity contribution in [3.63, 3.8) is 0 Å². The number of hydrogen-bond acceptors (Lipinski definition) is 7. The second kappa shape index (κ2) is 14.4. The molecule has 8 atom stereocenters. The molecule has 4 aromatic rings. The molecule has 13 heteroatoms. The minimum atomic E-state index is -0.269. The van der Waals surface area contributed by atoms with Crippen LogP contribution in [0.25, 0.3) is 0 Å². The van der Waals surface area contributed by atoms with Crippen LogP contribution in [-0.2, 0) is 19.1 Å². The number of nitrogens with one attached hydrogen (secondary N) is 2. The number of fused-ring (bicyclic) bond motifs is 4. The van der Waals surface area contributed by atoms with Crippen LogP contribution >= 0.6 is 46.4 Å². The van der Waals surface area contributed by atoms with E-state index in [4.69, 9.17) is 61.6 Å². The highest BCUT2D eigenvalue weighted by Gasteiger charge is 2.54. The molecule has 4 aliphatic heterocycles. The van der Waals surface area contributed by atoms with Crippen LogP contribution in [0.1, 0.15) is 48.6 Å². The number of benzene rings is 2. The fraction of sp³-hybridized carbons (Fsp3) is 0.333. The number of nitrogens with two attached hydrogens (primary N) is 1. The van der Waals surface area contributed by atoms with Crippen molar-refractivity contribution >= 4 is 75.4 Å². The average molecular weight is 742 g/mol. The molecule has 6 heterocycles. The number of aromatic nitrogens is 2. The lowest BCUT2D eigenvalue weighted by atomic mass is 9.75. The van der Waals surface area contributed by atoms with Crippen LogP contribution in [0, 0.1) is 11.8 Å². The maximum absolute atomic E-state index is 13.0. The number of carbonyl (C=O) groups excluding carboxylic acids is 2. The number of nitrogens with zero attached hydrogens (tertiary/aromatic N) is 2. The molecule has 0 spiro atoms. The minimum Gasteiger partial charge on any atom is -0.384 e. The first-order valence-corrected chi connectivity index (χ1v) is 17.6. The SMILES string of the molecule is Nc1cc([C@H]2[C@H](C(=O)Nc3ccc(Cl)c(Cl)c3)[C@@H]3CC[C@H]2O3)ccn1.O=C(Nc1ccc(Cl)c(Cl)c1)[C@H]1[C@@H](c2ccncc2)[C@@H]2CC[C@H]1O2. The van der Waals surface area contributed by atoms with Crippen LogP contribution < -0.4 is 16.4 Å². The Morgan fingerprint density at radius 3 is 1.57 bits per heavy atom. The third-order valence-corrected chi connectivity index (χ3v) is 11.3. The lowest BCUT2D eigenvalue weighted by Crippen LogP contribution is -2.36. The summed E-state index contributed by atoms with van der Waals surface area (Å²) in [4.78, 5) is 34.0. The summed E-state index contributed by atoms with van der Waals surface area (Å²) in [6.07, 6.45) is 8.98. The van der Waals surface area contributed by atoms with Gasteiger partial charge in [-0.2, -0.15) is 0 Å². The Bertz CT molecular complexity index is 1870. The smallest absolute Gasteiger partial charge is 0.230 e. The van der Waals surface area contributed by atoms with Gasteiger partial charge in [-0.15, -0.1) is 0 Å². The summed E-state index contributed by atoms with van der Waals surface area (Å²) < 4.78 is 12.0. The number of pyridine rings is 2. The Labute approximate surface area is 303 Å². The van der Waals surface area contributed by atoms with Crippen molar-refractivity contribution in [1.82, 2.24) is 9.97 Å². The second-order valence-electron chi connectivity index (χ2n) is 12.7. The van der Waals surface area contributed by atoms with Gasteiger partial charge in [0.2, 0.25) is 11.8 Å². The zero-order valence-electron chi connectivity index (χ0n) is 26.1. The Hall–Kier alpha value is -3.44. The first-order valence-electron chi connectivity index (χ1n) is 16.1. The molecule has 0 aliphatic carbocycles. The quantitative estimate of drug-likeness (QED) is 0.182. The molecule has 8 rings (SSSR count). The van der Waals surface area contributed by atoms with Crippen LogP contribution in [0.15, 0.2) is 79.3 Å². The highest BCUT2D eigenvalue weighted by atomic mass is 35.5. The van der Waals surface area contributed by atoms with E-state index in [9.17, 15) is 9.59 Å². The fourth-order valence-corrected chi connectivity index (χ4v) is 8.32. The van der Waals surface area contributed by atoms with Gasteiger partial charge in [0.25, 0.3) is 0 Å². The van der Waals surface area contributed by atoms with Crippen molar-refractivity contribution in [2.75, 3.05) is 16.4 Å². The maximum Gasteiger partial charge on any atom is 0.230 e. The Balaban J connectivity index is 0.000000154. The van der Waals surface area contributed by atoms with Gasteiger partial charge in [0.15, 0.2) is 0 Å². The standard InChI is InChI=1S/C18H17Cl2N3O2.C18H16Cl2N2O2/c19-11-2-1-10(8-12(11)20)23-18(24)17-14-4-3-13(25-14)16(17)9-5-6-22-15(21)7-9;19-12-2-1-11(9-13(12)20)22-18(23)17-15-4-3-14(24-15)16(17)10-5-7-21-8-6-10/h1-2,5-8,13-14,16-17H,3-4H2,(H2,21,22)(H,23,24);1-2,5-9,14-17H,3-4H2,(H,22,23)/t13-,14+,16-,17-;14-,15+,16-,17+/m10/s1. The molecular formula is C36H33Cl4N5O4. The van der Waals surface area contributed by atoms with E-state index in [1.807, 2.05) is 24.3 Å². The van der Waals surface area contributed by atoms with Gasteiger partial charge in [0.1, 0.15) is 5.82 Å². The normalized spacial score (nSPS) is 27.8. The molecular weight excluding hydrogens is 708 g/mol. The highest BCUT2D eigenvalue weighted by Crippen LogP contribution is 2.50. The predicted molar refractivity (Wildman–Crippen MR) is 191 cm³/mol. The van der Waals surface area contributed by atoms with E-state index in [-0.39, 0.29) is 59.9 Å². The van der Waals surface area contributed by atoms with Crippen molar-refractivity contribution in [2.45, 2.75) is 61.9 Å². The van der Waals surface area contributed by atoms with Crippen molar-refractivity contribution < 1.29 is 19.1 Å². The van der Waals surface area contributed by atoms with Gasteiger partial charge in [0.05, 0.1) is 56.3 Å². The third-order valence-electron chi connectivity index (χ3n) is 9.81. The minimum absolute atomic E-state index is 0.0215. The molecule has 4 aliphatic rings. The number of rotatable bonds is 6. The van der Waals surface area contributed by atoms with Gasteiger partial charge in [0, 0.05) is 41.8 Å². The van der Waals surface area contributed by atoms with E-state index in [1.165, 1.54) is 0 Å². The van der Waals surface area contributed by atoms with Crippen LogP contribution in [-0.4, -0.2) is 46.2 Å². The topological polar surface area (TPSA) is 128 Å². The summed E-state index contributed by atoms with van der Waals surface area (Å²) >= 11 is 23.9. The summed E-state index contributed by atoms with van der Waals surface area (Å²) in [6.45, 7) is 0. The summed E-state index contributed by atoms with van der Waals surface area (Å²) in [5.74, 6) is -0.103. The maximum atomic E-state index is 13.0. The Kier molecular flexibility index (Phi) is 10.0. The van der Waals surface area contributed by atoms with E-state index >= 15 is 0 Å². The molecule has 4 saturated heterocycles. The zero-order valence-corrected chi connectivity index (χ0v) is 29.1. The molecule has 0 radical (unpaired) electrons. The average Bonchev–Trinajstić information content (AvgIpc) is 3.91. The molecule has 4 N–H and O–H groups in total. The number of nitrogen functional groups attached to an aromatic ring is 1. The molecule has 0 unspecified atom stereocenters. The monoisotopic (exact) mass is 739 g/mol. The summed E-state index contributed by atoms with van der Waals surface area (Å²) in [6, 6.07) is 17.8. The molecule has 0 saturated carbocycles. The predicted octanol–water partition coefficient (Wildman–Crippen LogP) is 8.16. The molecule has 4 bridgehead atoms. The number of halogens is 4. The van der Waals surface area contributed by atoms with Crippen LogP contribution in [0.3, 0.4) is 0 Å². The van der Waals surface area contributed by atoms with Crippen LogP contribution in [0.2, 0.25) is 20.1 Å². The van der Waals surface area contributed by atoms with Gasteiger partial charge in [-0.25, -0.2) is 4.98 Å². The van der Waals surface area contributed by atoms with Gasteiger partial charge in [-0.1, -0.05) is 46.4 Å². The van der Waals surface area contributed by atoms with Crippen LogP contribution in [0.5, 0.6) is 0 Å². The number of anilines is 3. The Morgan fingerprint density at radius 1 is 0.612 bits per heavy atom. The lowest BCUT2D eigenvalue weighted by molar-refractivity contribution is -0.122. The van der Waals surface area contributed by atoms with Gasteiger partial charge in [-0.3, -0.25) is 14.6 Å². The van der Waals surface area contributed by atoms with Crippen molar-refractivity contribution in [2.24, 2.45) is 11.8 Å². The lowest BCUT2D eigenvalue weighted by Gasteiger charge is -2.27. The summed E-state index contributed by atoms with van der Waals surface area (Å²) in [5, 5.41) is 7.64. The number of ether oxygens (including phenoxy) is 2. The number of hydrogen-bond donors (Lipinski definition) is 3. The summed E-state index contributed by atoms with van der Waals surface area (Å²) in [5.41, 5.74) is 9.18. The van der Waals surface area contributed by atoms with E-state index in [0.29, 0.717) is 37.3 Å². The van der Waals surface area contributed by atoms with E-state index in [2.05, 4.69) is 20.6 Å². The number of amides is 2. The molecule has 9 nitrogen and oxygen atoms in total. The van der Waals surface area contributed by atoms with Gasteiger partial charge >= 0.3 is 0 Å².